The van der Waals surface area contributed by atoms with Gasteiger partial charge in [-0.15, -0.1) is 0 Å². The van der Waals surface area contributed by atoms with E-state index in [2.05, 4.69) is 34.9 Å². The molecule has 5 rings (SSSR count). The number of hydrogen-bond acceptors (Lipinski definition) is 2. The van der Waals surface area contributed by atoms with Crippen LogP contribution in [0.4, 0.5) is 0 Å². The minimum atomic E-state index is 0.105. The van der Waals surface area contributed by atoms with E-state index in [1.807, 2.05) is 30.3 Å². The average Bonchev–Trinajstić information content (AvgIpc) is 2.94. The molecule has 1 N–H and O–H groups in total. The number of rotatable bonds is 1. The number of hydrogen-bond donors (Lipinski definition) is 1. The lowest BCUT2D eigenvalue weighted by atomic mass is 10.1. The first kappa shape index (κ1) is 12.6. The number of aromatic hydroxyl groups is 1. The van der Waals surface area contributed by atoms with Crippen LogP contribution in [0.2, 0.25) is 0 Å². The molecule has 0 saturated heterocycles. The molecule has 0 amide bonds. The van der Waals surface area contributed by atoms with Crippen LogP contribution in [0.25, 0.3) is 21.8 Å². The second kappa shape index (κ2) is 4.53. The molecule has 1 aliphatic rings. The molecule has 3 nitrogen and oxygen atoms in total. The smallest absolute Gasteiger partial charge is 0.143 e. The summed E-state index contributed by atoms with van der Waals surface area (Å²) in [6.45, 7) is 0.593. The Morgan fingerprint density at radius 3 is 2.61 bits per heavy atom. The molecule has 3 heteroatoms. The molecule has 4 aromatic rings. The zero-order valence-electron chi connectivity index (χ0n) is 12.4. The number of phenols is 1. The van der Waals surface area contributed by atoms with Gasteiger partial charge < -0.3 is 14.4 Å². The largest absolute Gasteiger partial charge is 0.507 e. The second-order valence-corrected chi connectivity index (χ2v) is 5.93. The molecule has 2 heterocycles. The Morgan fingerprint density at radius 2 is 1.74 bits per heavy atom. The molecule has 0 radical (unpaired) electrons. The molecule has 0 spiro atoms. The van der Waals surface area contributed by atoms with Crippen molar-refractivity contribution in [1.82, 2.24) is 4.57 Å². The Hall–Kier alpha value is -2.94. The molecular formula is C20H15NO2. The molecule has 0 fully saturated rings. The van der Waals surface area contributed by atoms with Gasteiger partial charge in [0.25, 0.3) is 0 Å². The predicted octanol–water partition coefficient (Wildman–Crippen LogP) is 4.48. The zero-order chi connectivity index (χ0) is 15.4. The van der Waals surface area contributed by atoms with Gasteiger partial charge >= 0.3 is 0 Å². The SMILES string of the molecule is Oc1cccc2c1c1cccc3c1n2[C@@H](c1ccccc1)CO3. The van der Waals surface area contributed by atoms with Crippen molar-refractivity contribution in [2.45, 2.75) is 6.04 Å². The highest BCUT2D eigenvalue weighted by molar-refractivity contribution is 6.13. The van der Waals surface area contributed by atoms with Crippen molar-refractivity contribution < 1.29 is 9.84 Å². The van der Waals surface area contributed by atoms with Gasteiger partial charge in [-0.2, -0.15) is 0 Å². The minimum absolute atomic E-state index is 0.105. The molecule has 0 bridgehead atoms. The molecule has 112 valence electrons. The number of phenolic OH excluding ortho intramolecular Hbond substituents is 1. The van der Waals surface area contributed by atoms with Gasteiger partial charge in [-0.05, 0) is 23.8 Å². The van der Waals surface area contributed by atoms with E-state index in [9.17, 15) is 5.11 Å². The van der Waals surface area contributed by atoms with E-state index in [4.69, 9.17) is 4.74 Å². The van der Waals surface area contributed by atoms with Crippen molar-refractivity contribution in [2.75, 3.05) is 6.61 Å². The monoisotopic (exact) mass is 301 g/mol. The minimum Gasteiger partial charge on any atom is -0.507 e. The van der Waals surface area contributed by atoms with Gasteiger partial charge in [-0.25, -0.2) is 0 Å². The first-order valence-corrected chi connectivity index (χ1v) is 7.77. The summed E-state index contributed by atoms with van der Waals surface area (Å²) in [5.74, 6) is 1.20. The Balaban J connectivity index is 1.94. The lowest BCUT2D eigenvalue weighted by molar-refractivity contribution is 0.262. The van der Waals surface area contributed by atoms with Crippen molar-refractivity contribution in [3.63, 3.8) is 0 Å². The maximum Gasteiger partial charge on any atom is 0.143 e. The summed E-state index contributed by atoms with van der Waals surface area (Å²) in [6.07, 6.45) is 0. The normalized spacial score (nSPS) is 16.6. The van der Waals surface area contributed by atoms with E-state index >= 15 is 0 Å². The quantitative estimate of drug-likeness (QED) is 0.562. The summed E-state index contributed by atoms with van der Waals surface area (Å²) in [5, 5.41) is 12.3. The molecule has 1 atom stereocenters. The standard InChI is InChI=1S/C20H15NO2/c22-17-10-5-9-15-19(17)14-8-4-11-18-20(14)21(15)16(12-23-18)13-6-2-1-3-7-13/h1-11,16,22H,12H2/t16-/m1/s1. The fourth-order valence-corrected chi connectivity index (χ4v) is 3.70. The van der Waals surface area contributed by atoms with Crippen molar-refractivity contribution in [3.05, 3.63) is 72.3 Å². The Kier molecular flexibility index (Phi) is 2.48. The van der Waals surface area contributed by atoms with Gasteiger partial charge in [0.2, 0.25) is 0 Å². The van der Waals surface area contributed by atoms with Crippen molar-refractivity contribution >= 4 is 21.8 Å². The third kappa shape index (κ3) is 1.65. The maximum atomic E-state index is 10.4. The van der Waals surface area contributed by atoms with Crippen molar-refractivity contribution in [3.8, 4) is 11.5 Å². The molecular weight excluding hydrogens is 286 g/mol. The van der Waals surface area contributed by atoms with Crippen LogP contribution in [0.15, 0.2) is 66.7 Å². The number of fused-ring (bicyclic) bond motifs is 3. The molecule has 0 saturated carbocycles. The van der Waals surface area contributed by atoms with Gasteiger partial charge in [-0.1, -0.05) is 48.5 Å². The highest BCUT2D eigenvalue weighted by Gasteiger charge is 2.27. The molecule has 23 heavy (non-hydrogen) atoms. The first-order chi connectivity index (χ1) is 11.3. The fraction of sp³-hybridized carbons (Fsp3) is 0.100. The van der Waals surface area contributed by atoms with Crippen molar-refractivity contribution in [2.24, 2.45) is 0 Å². The van der Waals surface area contributed by atoms with Crippen LogP contribution in [0.3, 0.4) is 0 Å². The average molecular weight is 301 g/mol. The van der Waals surface area contributed by atoms with E-state index in [0.29, 0.717) is 12.4 Å². The number of para-hydroxylation sites is 1. The van der Waals surface area contributed by atoms with Crippen LogP contribution in [0.1, 0.15) is 11.6 Å². The number of benzene rings is 3. The number of aromatic nitrogens is 1. The first-order valence-electron chi connectivity index (χ1n) is 7.77. The van der Waals surface area contributed by atoms with Crippen LogP contribution >= 0.6 is 0 Å². The van der Waals surface area contributed by atoms with Crippen LogP contribution in [-0.2, 0) is 0 Å². The van der Waals surface area contributed by atoms with Crippen LogP contribution < -0.4 is 4.74 Å². The lowest BCUT2D eigenvalue weighted by Gasteiger charge is -2.27. The molecule has 1 aliphatic heterocycles. The molecule has 0 aliphatic carbocycles. The Bertz CT molecular complexity index is 1030. The Morgan fingerprint density at radius 1 is 0.913 bits per heavy atom. The predicted molar refractivity (Wildman–Crippen MR) is 91.2 cm³/mol. The molecule has 3 aromatic carbocycles. The second-order valence-electron chi connectivity index (χ2n) is 5.93. The summed E-state index contributed by atoms with van der Waals surface area (Å²) in [5.41, 5.74) is 3.32. The van der Waals surface area contributed by atoms with E-state index in [1.54, 1.807) is 6.07 Å². The third-order valence-electron chi connectivity index (χ3n) is 4.68. The van der Waals surface area contributed by atoms with E-state index in [-0.39, 0.29) is 6.04 Å². The van der Waals surface area contributed by atoms with Gasteiger partial charge in [0, 0.05) is 10.8 Å². The third-order valence-corrected chi connectivity index (χ3v) is 4.68. The highest BCUT2D eigenvalue weighted by atomic mass is 16.5. The molecule has 0 unspecified atom stereocenters. The van der Waals surface area contributed by atoms with Gasteiger partial charge in [0.15, 0.2) is 0 Å². The summed E-state index contributed by atoms with van der Waals surface area (Å²) in [4.78, 5) is 0. The number of nitrogens with zero attached hydrogens (tertiary/aromatic N) is 1. The van der Waals surface area contributed by atoms with E-state index in [0.717, 1.165) is 27.6 Å². The maximum absolute atomic E-state index is 10.4. The van der Waals surface area contributed by atoms with Crippen molar-refractivity contribution in [1.29, 1.82) is 0 Å². The van der Waals surface area contributed by atoms with Crippen LogP contribution in [-0.4, -0.2) is 16.3 Å². The van der Waals surface area contributed by atoms with Gasteiger partial charge in [0.1, 0.15) is 18.1 Å². The molecule has 1 aromatic heterocycles. The highest BCUT2D eigenvalue weighted by Crippen LogP contribution is 2.44. The van der Waals surface area contributed by atoms with E-state index < -0.39 is 0 Å². The van der Waals surface area contributed by atoms with Crippen LogP contribution in [0, 0.1) is 0 Å². The topological polar surface area (TPSA) is 34.4 Å². The van der Waals surface area contributed by atoms with E-state index in [1.165, 1.54) is 5.56 Å². The summed E-state index contributed by atoms with van der Waals surface area (Å²) < 4.78 is 8.33. The summed E-state index contributed by atoms with van der Waals surface area (Å²) in [7, 11) is 0. The summed E-state index contributed by atoms with van der Waals surface area (Å²) in [6, 6.07) is 22.2. The number of ether oxygens (including phenoxy) is 1. The fourth-order valence-electron chi connectivity index (χ4n) is 3.70. The van der Waals surface area contributed by atoms with Crippen LogP contribution in [0.5, 0.6) is 11.5 Å². The van der Waals surface area contributed by atoms with Gasteiger partial charge in [0.05, 0.1) is 17.1 Å². The summed E-state index contributed by atoms with van der Waals surface area (Å²) >= 11 is 0. The van der Waals surface area contributed by atoms with Gasteiger partial charge in [-0.3, -0.25) is 0 Å². The lowest BCUT2D eigenvalue weighted by Crippen LogP contribution is -2.22. The Labute approximate surface area is 133 Å². The zero-order valence-corrected chi connectivity index (χ0v) is 12.4.